The number of rotatable bonds is 3. The van der Waals surface area contributed by atoms with Gasteiger partial charge in [-0.25, -0.2) is 4.79 Å². The predicted molar refractivity (Wildman–Crippen MR) is 82.9 cm³/mol. The molecule has 0 aliphatic rings. The maximum Gasteiger partial charge on any atom is 0.410 e. The van der Waals surface area contributed by atoms with Crippen molar-refractivity contribution < 1.29 is 9.53 Å². The van der Waals surface area contributed by atoms with Crippen LogP contribution in [-0.2, 0) is 11.3 Å². The van der Waals surface area contributed by atoms with E-state index in [1.165, 1.54) is 7.11 Å². The molecule has 0 aliphatic carbocycles. The first kappa shape index (κ1) is 16.1. The lowest BCUT2D eigenvalue weighted by molar-refractivity contribution is 0.0794. The molecule has 2 N–H and O–H groups in total. The van der Waals surface area contributed by atoms with Crippen molar-refractivity contribution in [2.75, 3.05) is 31.8 Å². The summed E-state index contributed by atoms with van der Waals surface area (Å²) in [6, 6.07) is 5.72. The molecule has 1 aromatic carbocycles. The Kier molecular flexibility index (Phi) is 4.87. The quantitative estimate of drug-likeness (QED) is 0.864. The van der Waals surface area contributed by atoms with Gasteiger partial charge in [0.1, 0.15) is 0 Å². The van der Waals surface area contributed by atoms with Crippen molar-refractivity contribution in [1.82, 2.24) is 4.90 Å². The fraction of sp³-hybridized carbons (Fsp3) is 0.533. The van der Waals surface area contributed by atoms with Crippen LogP contribution in [0.3, 0.4) is 0 Å². The largest absolute Gasteiger partial charge is 0.453 e. The number of carbonyl (C=O) groups excluding carboxylic acids is 1. The smallest absolute Gasteiger partial charge is 0.410 e. The molecule has 0 saturated heterocycles. The van der Waals surface area contributed by atoms with Crippen molar-refractivity contribution >= 4 is 17.5 Å². The Labute approximate surface area is 121 Å². The number of hydrogen-bond donors (Lipinski definition) is 1. The molecule has 112 valence electrons. The summed E-state index contributed by atoms with van der Waals surface area (Å²) < 4.78 is 4.88. The summed E-state index contributed by atoms with van der Waals surface area (Å²) in [4.78, 5) is 15.7. The van der Waals surface area contributed by atoms with Crippen LogP contribution in [0.5, 0.6) is 0 Å². The second kappa shape index (κ2) is 6.03. The van der Waals surface area contributed by atoms with Gasteiger partial charge < -0.3 is 15.4 Å². The number of ether oxygens (including phenoxy) is 1. The van der Waals surface area contributed by atoms with Gasteiger partial charge in [-0.05, 0) is 44.5 Å². The minimum absolute atomic E-state index is 0.332. The Morgan fingerprint density at radius 1 is 1.30 bits per heavy atom. The summed E-state index contributed by atoms with van der Waals surface area (Å²) in [5.41, 5.74) is 8.26. The highest BCUT2D eigenvalue weighted by Crippen LogP contribution is 2.26. The Morgan fingerprint density at radius 3 is 2.35 bits per heavy atom. The highest BCUT2D eigenvalue weighted by Gasteiger charge is 2.28. The molecule has 0 atom stereocenters. The number of amides is 1. The van der Waals surface area contributed by atoms with Crippen LogP contribution >= 0.6 is 0 Å². The zero-order chi connectivity index (χ0) is 15.5. The van der Waals surface area contributed by atoms with E-state index in [4.69, 9.17) is 10.5 Å². The molecular formula is C15H25N3O2. The molecule has 1 rings (SSSR count). The lowest BCUT2D eigenvalue weighted by Gasteiger charge is -2.35. The lowest BCUT2D eigenvalue weighted by Crippen LogP contribution is -2.45. The number of nitrogen functional groups attached to an aromatic ring is 1. The molecule has 0 heterocycles. The summed E-state index contributed by atoms with van der Waals surface area (Å²) in [7, 11) is 5.33. The molecule has 0 aliphatic heterocycles. The van der Waals surface area contributed by atoms with Crippen molar-refractivity contribution in [3.8, 4) is 0 Å². The van der Waals surface area contributed by atoms with E-state index in [0.717, 1.165) is 11.3 Å². The van der Waals surface area contributed by atoms with Crippen molar-refractivity contribution in [3.05, 3.63) is 23.8 Å². The minimum atomic E-state index is -0.343. The molecular weight excluding hydrogens is 254 g/mol. The van der Waals surface area contributed by atoms with E-state index >= 15 is 0 Å². The summed E-state index contributed by atoms with van der Waals surface area (Å²) in [6.45, 7) is 6.39. The number of nitrogens with zero attached hydrogens (tertiary/aromatic N) is 2. The van der Waals surface area contributed by atoms with Crippen molar-refractivity contribution in [2.45, 2.75) is 32.9 Å². The van der Waals surface area contributed by atoms with Gasteiger partial charge in [0.25, 0.3) is 0 Å². The molecule has 1 amide bonds. The average Bonchev–Trinajstić information content (AvgIpc) is 2.33. The van der Waals surface area contributed by atoms with Crippen LogP contribution in [0.25, 0.3) is 0 Å². The van der Waals surface area contributed by atoms with Crippen LogP contribution in [0, 0.1) is 0 Å². The second-order valence-electron chi connectivity index (χ2n) is 6.01. The van der Waals surface area contributed by atoms with E-state index in [-0.39, 0.29) is 11.6 Å². The third-order valence-corrected chi connectivity index (χ3v) is 3.12. The van der Waals surface area contributed by atoms with Gasteiger partial charge in [-0.3, -0.25) is 4.90 Å². The molecule has 5 nitrogen and oxygen atoms in total. The van der Waals surface area contributed by atoms with E-state index in [0.29, 0.717) is 12.2 Å². The van der Waals surface area contributed by atoms with E-state index in [1.54, 1.807) is 4.90 Å². The van der Waals surface area contributed by atoms with Gasteiger partial charge >= 0.3 is 6.09 Å². The fourth-order valence-corrected chi connectivity index (χ4v) is 2.02. The third kappa shape index (κ3) is 3.79. The topological polar surface area (TPSA) is 58.8 Å². The molecule has 0 spiro atoms. The van der Waals surface area contributed by atoms with E-state index < -0.39 is 0 Å². The van der Waals surface area contributed by atoms with Crippen LogP contribution < -0.4 is 10.6 Å². The van der Waals surface area contributed by atoms with Gasteiger partial charge in [0.2, 0.25) is 0 Å². The Morgan fingerprint density at radius 2 is 1.90 bits per heavy atom. The van der Waals surface area contributed by atoms with E-state index in [9.17, 15) is 4.79 Å². The number of methoxy groups -OCH3 is 1. The second-order valence-corrected chi connectivity index (χ2v) is 6.01. The fourth-order valence-electron chi connectivity index (χ4n) is 2.02. The first-order valence-electron chi connectivity index (χ1n) is 6.58. The summed E-state index contributed by atoms with van der Waals surface area (Å²) >= 11 is 0. The molecule has 1 aromatic rings. The number of carbonyl (C=O) groups is 1. The van der Waals surface area contributed by atoms with Gasteiger partial charge in [0.05, 0.1) is 13.7 Å². The number of nitrogens with two attached hydrogens (primary N) is 1. The molecule has 0 saturated carbocycles. The molecule has 20 heavy (non-hydrogen) atoms. The average molecular weight is 279 g/mol. The first-order valence-corrected chi connectivity index (χ1v) is 6.58. The first-order chi connectivity index (χ1) is 9.16. The summed E-state index contributed by atoms with van der Waals surface area (Å²) in [5.74, 6) is 0. The maximum atomic E-state index is 12.0. The maximum absolute atomic E-state index is 12.0. The molecule has 0 radical (unpaired) electrons. The van der Waals surface area contributed by atoms with Crippen molar-refractivity contribution in [3.63, 3.8) is 0 Å². The van der Waals surface area contributed by atoms with Gasteiger partial charge in [-0.1, -0.05) is 0 Å². The van der Waals surface area contributed by atoms with Crippen LogP contribution in [-0.4, -0.2) is 37.7 Å². The minimum Gasteiger partial charge on any atom is -0.453 e. The number of benzene rings is 1. The normalized spacial score (nSPS) is 11.1. The highest BCUT2D eigenvalue weighted by molar-refractivity contribution is 5.69. The Balaban J connectivity index is 3.17. The summed E-state index contributed by atoms with van der Waals surface area (Å²) in [6.07, 6.45) is -0.343. The Bertz CT molecular complexity index is 478. The summed E-state index contributed by atoms with van der Waals surface area (Å²) in [5, 5.41) is 0. The zero-order valence-corrected chi connectivity index (χ0v) is 13.2. The molecule has 5 heteroatoms. The predicted octanol–water partition coefficient (Wildman–Crippen LogP) is 2.70. The van der Waals surface area contributed by atoms with Gasteiger partial charge in [-0.2, -0.15) is 0 Å². The molecule has 0 unspecified atom stereocenters. The third-order valence-electron chi connectivity index (χ3n) is 3.12. The zero-order valence-electron chi connectivity index (χ0n) is 13.2. The highest BCUT2D eigenvalue weighted by atomic mass is 16.5. The lowest BCUT2D eigenvalue weighted by atomic mass is 10.0. The SMILES string of the molecule is COC(=O)N(Cc1cc(N)ccc1N(C)C)C(C)(C)C. The molecule has 0 bridgehead atoms. The van der Waals surface area contributed by atoms with Gasteiger partial charge in [-0.15, -0.1) is 0 Å². The van der Waals surface area contributed by atoms with E-state index in [1.807, 2.05) is 58.0 Å². The van der Waals surface area contributed by atoms with Crippen molar-refractivity contribution in [1.29, 1.82) is 0 Å². The van der Waals surface area contributed by atoms with Crippen LogP contribution in [0.15, 0.2) is 18.2 Å². The van der Waals surface area contributed by atoms with Crippen LogP contribution in [0.4, 0.5) is 16.2 Å². The number of hydrogen-bond acceptors (Lipinski definition) is 4. The standard InChI is InChI=1S/C15H25N3O2/c1-15(2,3)18(14(19)20-6)10-11-9-12(16)7-8-13(11)17(4)5/h7-9H,10,16H2,1-6H3. The van der Waals surface area contributed by atoms with Crippen LogP contribution in [0.1, 0.15) is 26.3 Å². The van der Waals surface area contributed by atoms with Gasteiger partial charge in [0.15, 0.2) is 0 Å². The number of anilines is 2. The van der Waals surface area contributed by atoms with E-state index in [2.05, 4.69) is 0 Å². The van der Waals surface area contributed by atoms with Crippen LogP contribution in [0.2, 0.25) is 0 Å². The Hall–Kier alpha value is -1.91. The van der Waals surface area contributed by atoms with Gasteiger partial charge in [0, 0.05) is 31.0 Å². The molecule has 0 aromatic heterocycles. The monoisotopic (exact) mass is 279 g/mol. The molecule has 0 fully saturated rings. The van der Waals surface area contributed by atoms with Crippen molar-refractivity contribution in [2.24, 2.45) is 0 Å².